The van der Waals surface area contributed by atoms with E-state index < -0.39 is 9.84 Å². The van der Waals surface area contributed by atoms with Crippen molar-refractivity contribution in [2.24, 2.45) is 5.92 Å². The van der Waals surface area contributed by atoms with E-state index in [-0.39, 0.29) is 35.6 Å². The Hall–Kier alpha value is -3.01. The van der Waals surface area contributed by atoms with E-state index in [0.717, 1.165) is 19.3 Å². The van der Waals surface area contributed by atoms with E-state index in [9.17, 15) is 18.0 Å². The minimum absolute atomic E-state index is 0.00720. The molecule has 0 aliphatic carbocycles. The molecule has 2 aromatic heterocycles. The zero-order valence-corrected chi connectivity index (χ0v) is 19.2. The van der Waals surface area contributed by atoms with Crippen LogP contribution < -0.4 is 5.56 Å². The topological polar surface area (TPSA) is 107 Å². The molecule has 33 heavy (non-hydrogen) atoms. The molecule has 1 aromatic carbocycles. The average Bonchev–Trinajstić information content (AvgIpc) is 3.40. The molecule has 1 unspecified atom stereocenters. The third-order valence-corrected chi connectivity index (χ3v) is 8.52. The van der Waals surface area contributed by atoms with Crippen molar-refractivity contribution >= 4 is 26.8 Å². The number of aromatic nitrogens is 4. The van der Waals surface area contributed by atoms with Crippen molar-refractivity contribution in [3.8, 4) is 0 Å². The normalized spacial score (nSPS) is 21.0. The van der Waals surface area contributed by atoms with E-state index in [4.69, 9.17) is 0 Å². The first-order valence-corrected chi connectivity index (χ1v) is 13.2. The highest BCUT2D eigenvalue weighted by Gasteiger charge is 2.31. The fourth-order valence-electron chi connectivity index (χ4n) is 4.89. The molecule has 174 valence electrons. The van der Waals surface area contributed by atoms with Gasteiger partial charge >= 0.3 is 0 Å². The molecule has 4 heterocycles. The summed E-state index contributed by atoms with van der Waals surface area (Å²) in [6.07, 6.45) is 6.17. The largest absolute Gasteiger partial charge is 0.341 e. The number of carbonyl (C=O) groups is 1. The highest BCUT2D eigenvalue weighted by atomic mass is 32.2. The van der Waals surface area contributed by atoms with Gasteiger partial charge in [-0.15, -0.1) is 0 Å². The standard InChI is InChI=1S/C23H27N5O4S/c29-21(26-9-6-18(7-10-26)12-17-4-2-1-3-5-17)14-27-16-24-22-20(23(27)30)13-25-28(22)19-8-11-33(31,32)15-19/h1-5,13,16,18-19H,6-12,14-15H2. The van der Waals surface area contributed by atoms with Crippen LogP contribution in [0.4, 0.5) is 0 Å². The summed E-state index contributed by atoms with van der Waals surface area (Å²) >= 11 is 0. The van der Waals surface area contributed by atoms with E-state index in [1.54, 1.807) is 0 Å². The van der Waals surface area contributed by atoms with Gasteiger partial charge in [0, 0.05) is 13.1 Å². The van der Waals surface area contributed by atoms with Crippen LogP contribution in [0.25, 0.3) is 11.0 Å². The lowest BCUT2D eigenvalue weighted by molar-refractivity contribution is -0.133. The number of rotatable bonds is 5. The molecule has 0 saturated carbocycles. The molecule has 2 saturated heterocycles. The lowest BCUT2D eigenvalue weighted by Gasteiger charge is -2.32. The van der Waals surface area contributed by atoms with Crippen LogP contribution in [-0.2, 0) is 27.6 Å². The lowest BCUT2D eigenvalue weighted by Crippen LogP contribution is -2.41. The molecule has 0 radical (unpaired) electrons. The maximum atomic E-state index is 12.9. The van der Waals surface area contributed by atoms with Gasteiger partial charge in [-0.05, 0) is 37.2 Å². The summed E-state index contributed by atoms with van der Waals surface area (Å²) in [6.45, 7) is 1.32. The predicted octanol–water partition coefficient (Wildman–Crippen LogP) is 1.43. The van der Waals surface area contributed by atoms with Crippen LogP contribution in [0.1, 0.15) is 30.9 Å². The summed E-state index contributed by atoms with van der Waals surface area (Å²) in [7, 11) is -3.08. The van der Waals surface area contributed by atoms with Gasteiger partial charge in [-0.2, -0.15) is 5.10 Å². The van der Waals surface area contributed by atoms with Crippen molar-refractivity contribution in [2.45, 2.75) is 38.3 Å². The number of piperidine rings is 1. The number of sulfone groups is 1. The zero-order chi connectivity index (χ0) is 23.0. The van der Waals surface area contributed by atoms with Gasteiger partial charge in [-0.25, -0.2) is 18.1 Å². The van der Waals surface area contributed by atoms with E-state index in [2.05, 4.69) is 34.3 Å². The molecule has 1 amide bonds. The summed E-state index contributed by atoms with van der Waals surface area (Å²) in [5.41, 5.74) is 1.36. The number of hydrogen-bond acceptors (Lipinski definition) is 6. The maximum absolute atomic E-state index is 12.9. The summed E-state index contributed by atoms with van der Waals surface area (Å²) in [5.74, 6) is 0.591. The molecule has 5 rings (SSSR count). The van der Waals surface area contributed by atoms with Crippen LogP contribution in [0.3, 0.4) is 0 Å². The van der Waals surface area contributed by atoms with Gasteiger partial charge in [-0.3, -0.25) is 14.2 Å². The zero-order valence-electron chi connectivity index (χ0n) is 18.3. The number of carbonyl (C=O) groups excluding carboxylic acids is 1. The summed E-state index contributed by atoms with van der Waals surface area (Å²) < 4.78 is 26.5. The van der Waals surface area contributed by atoms with Gasteiger partial charge in [0.25, 0.3) is 5.56 Å². The Kier molecular flexibility index (Phi) is 5.77. The second-order valence-corrected chi connectivity index (χ2v) is 11.3. The van der Waals surface area contributed by atoms with E-state index in [0.29, 0.717) is 36.5 Å². The van der Waals surface area contributed by atoms with Crippen LogP contribution in [0.5, 0.6) is 0 Å². The van der Waals surface area contributed by atoms with Gasteiger partial charge < -0.3 is 4.90 Å². The molecule has 0 N–H and O–H groups in total. The average molecular weight is 470 g/mol. The molecular weight excluding hydrogens is 442 g/mol. The molecule has 2 aliphatic heterocycles. The Balaban J connectivity index is 1.24. The molecule has 1 atom stereocenters. The Morgan fingerprint density at radius 3 is 2.55 bits per heavy atom. The number of hydrogen-bond donors (Lipinski definition) is 0. The van der Waals surface area contributed by atoms with Crippen LogP contribution in [-0.4, -0.2) is 63.2 Å². The van der Waals surface area contributed by atoms with Gasteiger partial charge in [0.15, 0.2) is 15.5 Å². The smallest absolute Gasteiger partial charge is 0.264 e. The number of fused-ring (bicyclic) bond motifs is 1. The second kappa shape index (κ2) is 8.74. The first-order valence-electron chi connectivity index (χ1n) is 11.3. The van der Waals surface area contributed by atoms with Crippen LogP contribution >= 0.6 is 0 Å². The number of likely N-dealkylation sites (tertiary alicyclic amines) is 1. The maximum Gasteiger partial charge on any atom is 0.264 e. The third-order valence-electron chi connectivity index (χ3n) is 6.77. The van der Waals surface area contributed by atoms with Crippen molar-refractivity contribution in [3.05, 3.63) is 58.8 Å². The molecule has 2 aliphatic rings. The van der Waals surface area contributed by atoms with E-state index in [1.165, 1.54) is 27.3 Å². The van der Waals surface area contributed by atoms with Crippen LogP contribution in [0, 0.1) is 5.92 Å². The molecule has 0 bridgehead atoms. The van der Waals surface area contributed by atoms with Crippen molar-refractivity contribution in [2.75, 3.05) is 24.6 Å². The number of benzene rings is 1. The van der Waals surface area contributed by atoms with E-state index in [1.807, 2.05) is 11.0 Å². The van der Waals surface area contributed by atoms with Gasteiger partial charge in [0.05, 0.1) is 23.7 Å². The fourth-order valence-corrected chi connectivity index (χ4v) is 6.59. The van der Waals surface area contributed by atoms with Crippen LogP contribution in [0.15, 0.2) is 47.7 Å². The van der Waals surface area contributed by atoms with Crippen molar-refractivity contribution in [3.63, 3.8) is 0 Å². The molecular formula is C23H27N5O4S. The summed E-state index contributed by atoms with van der Waals surface area (Å²) in [6, 6.07) is 10.1. The first kappa shape index (κ1) is 21.8. The van der Waals surface area contributed by atoms with Gasteiger partial charge in [-0.1, -0.05) is 30.3 Å². The van der Waals surface area contributed by atoms with Gasteiger partial charge in [0.1, 0.15) is 18.3 Å². The quantitative estimate of drug-likeness (QED) is 0.560. The Bertz CT molecular complexity index is 1320. The first-order chi connectivity index (χ1) is 15.9. The molecule has 2 fully saturated rings. The number of nitrogens with zero attached hydrogens (tertiary/aromatic N) is 5. The Morgan fingerprint density at radius 1 is 1.09 bits per heavy atom. The minimum atomic E-state index is -3.08. The predicted molar refractivity (Wildman–Crippen MR) is 124 cm³/mol. The Labute approximate surface area is 192 Å². The second-order valence-electron chi connectivity index (χ2n) is 9.07. The monoisotopic (exact) mass is 469 g/mol. The van der Waals surface area contributed by atoms with Crippen molar-refractivity contribution in [1.82, 2.24) is 24.2 Å². The number of amides is 1. The van der Waals surface area contributed by atoms with Crippen LogP contribution in [0.2, 0.25) is 0 Å². The fraction of sp³-hybridized carbons (Fsp3) is 0.478. The third kappa shape index (κ3) is 4.57. The van der Waals surface area contributed by atoms with Crippen molar-refractivity contribution < 1.29 is 13.2 Å². The SMILES string of the molecule is O=C(Cn1cnc2c(cnn2C2CCS(=O)(=O)C2)c1=O)N1CCC(Cc2ccccc2)CC1. The summed E-state index contributed by atoms with van der Waals surface area (Å²) in [5, 5.41) is 4.54. The molecule has 0 spiro atoms. The minimum Gasteiger partial charge on any atom is -0.341 e. The Morgan fingerprint density at radius 2 is 1.85 bits per heavy atom. The lowest BCUT2D eigenvalue weighted by atomic mass is 9.90. The molecule has 10 heteroatoms. The highest BCUT2D eigenvalue weighted by Crippen LogP contribution is 2.25. The molecule has 3 aromatic rings. The van der Waals surface area contributed by atoms with E-state index >= 15 is 0 Å². The molecule has 9 nitrogen and oxygen atoms in total. The van der Waals surface area contributed by atoms with Gasteiger partial charge in [0.2, 0.25) is 5.91 Å². The van der Waals surface area contributed by atoms with Crippen molar-refractivity contribution in [1.29, 1.82) is 0 Å². The highest BCUT2D eigenvalue weighted by molar-refractivity contribution is 7.91. The summed E-state index contributed by atoms with van der Waals surface area (Å²) in [4.78, 5) is 32.0.